The van der Waals surface area contributed by atoms with E-state index < -0.39 is 6.10 Å². The number of ether oxygens (including phenoxy) is 1. The molecule has 0 heterocycles. The van der Waals surface area contributed by atoms with Gasteiger partial charge in [-0.3, -0.25) is 4.79 Å². The lowest BCUT2D eigenvalue weighted by atomic mass is 10.1. The Labute approximate surface area is 109 Å². The van der Waals surface area contributed by atoms with Crippen molar-refractivity contribution in [3.05, 3.63) is 33.8 Å². The molecule has 0 aromatic heterocycles. The molecule has 4 nitrogen and oxygen atoms in total. The van der Waals surface area contributed by atoms with E-state index in [0.717, 1.165) is 10.0 Å². The highest BCUT2D eigenvalue weighted by molar-refractivity contribution is 9.10. The van der Waals surface area contributed by atoms with E-state index in [0.29, 0.717) is 5.56 Å². The van der Waals surface area contributed by atoms with E-state index >= 15 is 0 Å². The van der Waals surface area contributed by atoms with Gasteiger partial charge in [0.05, 0.1) is 12.7 Å². The fraction of sp³-hybridized carbons (Fsp3) is 0.417. The van der Waals surface area contributed by atoms with Gasteiger partial charge in [-0.1, -0.05) is 22.0 Å². The number of methoxy groups -OCH3 is 1. The Hall–Kier alpha value is -0.910. The molecule has 2 N–H and O–H groups in total. The molecule has 0 bridgehead atoms. The second-order valence-corrected chi connectivity index (χ2v) is 4.69. The van der Waals surface area contributed by atoms with Crippen LogP contribution in [-0.2, 0) is 4.74 Å². The molecule has 17 heavy (non-hydrogen) atoms. The third kappa shape index (κ3) is 4.46. The van der Waals surface area contributed by atoms with Crippen LogP contribution in [0, 0.1) is 6.92 Å². The van der Waals surface area contributed by atoms with Crippen molar-refractivity contribution in [1.29, 1.82) is 0 Å². The van der Waals surface area contributed by atoms with Crippen molar-refractivity contribution in [2.75, 3.05) is 20.3 Å². The number of aryl methyl sites for hydroxylation is 1. The van der Waals surface area contributed by atoms with E-state index in [2.05, 4.69) is 21.2 Å². The highest BCUT2D eigenvalue weighted by Gasteiger charge is 2.11. The normalized spacial score (nSPS) is 12.2. The van der Waals surface area contributed by atoms with Gasteiger partial charge in [-0.05, 0) is 24.6 Å². The molecule has 0 saturated heterocycles. The Morgan fingerprint density at radius 3 is 2.94 bits per heavy atom. The molecule has 1 unspecified atom stereocenters. The zero-order valence-electron chi connectivity index (χ0n) is 9.87. The van der Waals surface area contributed by atoms with E-state index in [9.17, 15) is 9.90 Å². The Morgan fingerprint density at radius 2 is 2.29 bits per heavy atom. The molecule has 5 heteroatoms. The summed E-state index contributed by atoms with van der Waals surface area (Å²) in [7, 11) is 1.50. The first-order valence-electron chi connectivity index (χ1n) is 5.26. The first kappa shape index (κ1) is 14.2. The molecule has 1 aromatic rings. The molecular formula is C12H16BrNO3. The van der Waals surface area contributed by atoms with Crippen LogP contribution >= 0.6 is 15.9 Å². The lowest BCUT2D eigenvalue weighted by molar-refractivity contribution is 0.0609. The maximum absolute atomic E-state index is 11.8. The number of aliphatic hydroxyl groups excluding tert-OH is 1. The average molecular weight is 302 g/mol. The predicted octanol–water partition coefficient (Wildman–Crippen LogP) is 1.49. The zero-order chi connectivity index (χ0) is 12.8. The molecule has 0 radical (unpaired) electrons. The highest BCUT2D eigenvalue weighted by atomic mass is 79.9. The minimum absolute atomic E-state index is 0.179. The van der Waals surface area contributed by atoms with Gasteiger partial charge in [-0.25, -0.2) is 0 Å². The topological polar surface area (TPSA) is 58.6 Å². The molecule has 0 aliphatic carbocycles. The third-order valence-corrected chi connectivity index (χ3v) is 2.79. The summed E-state index contributed by atoms with van der Waals surface area (Å²) in [5.74, 6) is -0.195. The number of carbonyl (C=O) groups excluding carboxylic acids is 1. The largest absolute Gasteiger partial charge is 0.389 e. The lowest BCUT2D eigenvalue weighted by Gasteiger charge is -2.12. The van der Waals surface area contributed by atoms with Crippen LogP contribution in [0.3, 0.4) is 0 Å². The Balaban J connectivity index is 2.61. The van der Waals surface area contributed by atoms with Crippen LogP contribution in [0.2, 0.25) is 0 Å². The number of halogens is 1. The SMILES string of the molecule is COCC(O)CNC(=O)c1cc(Br)ccc1C. The summed E-state index contributed by atoms with van der Waals surface area (Å²) in [6.07, 6.45) is -0.684. The van der Waals surface area contributed by atoms with Crippen LogP contribution in [0.1, 0.15) is 15.9 Å². The molecule has 1 aromatic carbocycles. The summed E-state index contributed by atoms with van der Waals surface area (Å²) >= 11 is 3.32. The average Bonchev–Trinajstić information content (AvgIpc) is 2.29. The maximum Gasteiger partial charge on any atom is 0.251 e. The van der Waals surface area contributed by atoms with Gasteiger partial charge in [-0.15, -0.1) is 0 Å². The molecule has 1 rings (SSSR count). The van der Waals surface area contributed by atoms with Gasteiger partial charge in [0.2, 0.25) is 0 Å². The first-order chi connectivity index (χ1) is 8.04. The van der Waals surface area contributed by atoms with Crippen LogP contribution in [0.15, 0.2) is 22.7 Å². The minimum Gasteiger partial charge on any atom is -0.389 e. The fourth-order valence-corrected chi connectivity index (χ4v) is 1.76. The molecule has 0 spiro atoms. The Morgan fingerprint density at radius 1 is 1.59 bits per heavy atom. The molecule has 0 aliphatic heterocycles. The number of amides is 1. The van der Waals surface area contributed by atoms with E-state index in [1.54, 1.807) is 6.07 Å². The van der Waals surface area contributed by atoms with Crippen LogP contribution in [-0.4, -0.2) is 37.4 Å². The molecule has 1 amide bonds. The van der Waals surface area contributed by atoms with Crippen LogP contribution in [0.25, 0.3) is 0 Å². The number of aliphatic hydroxyl groups is 1. The van der Waals surface area contributed by atoms with E-state index in [-0.39, 0.29) is 19.1 Å². The zero-order valence-corrected chi connectivity index (χ0v) is 11.5. The molecule has 94 valence electrons. The molecule has 1 atom stereocenters. The van der Waals surface area contributed by atoms with Crippen molar-refractivity contribution in [2.24, 2.45) is 0 Å². The summed E-state index contributed by atoms with van der Waals surface area (Å²) in [6.45, 7) is 2.25. The Kier molecular flexibility index (Phi) is 5.61. The Bertz CT molecular complexity index is 395. The number of carbonyl (C=O) groups is 1. The third-order valence-electron chi connectivity index (χ3n) is 2.30. The van der Waals surface area contributed by atoms with Crippen molar-refractivity contribution in [3.8, 4) is 0 Å². The number of hydrogen-bond acceptors (Lipinski definition) is 3. The smallest absolute Gasteiger partial charge is 0.251 e. The summed E-state index contributed by atoms with van der Waals surface area (Å²) < 4.78 is 5.63. The van der Waals surface area contributed by atoms with Crippen molar-refractivity contribution in [1.82, 2.24) is 5.32 Å². The van der Waals surface area contributed by atoms with Gasteiger partial charge in [0.1, 0.15) is 0 Å². The van der Waals surface area contributed by atoms with Crippen LogP contribution in [0.5, 0.6) is 0 Å². The van der Waals surface area contributed by atoms with Crippen molar-refractivity contribution < 1.29 is 14.6 Å². The van der Waals surface area contributed by atoms with E-state index in [1.807, 2.05) is 19.1 Å². The van der Waals surface area contributed by atoms with Crippen molar-refractivity contribution in [3.63, 3.8) is 0 Å². The second-order valence-electron chi connectivity index (χ2n) is 3.78. The molecule has 0 saturated carbocycles. The number of nitrogens with one attached hydrogen (secondary N) is 1. The number of hydrogen-bond donors (Lipinski definition) is 2. The number of rotatable bonds is 5. The summed E-state index contributed by atoms with van der Waals surface area (Å²) in [4.78, 5) is 11.8. The maximum atomic E-state index is 11.8. The molecule has 0 fully saturated rings. The quantitative estimate of drug-likeness (QED) is 0.866. The summed E-state index contributed by atoms with van der Waals surface area (Å²) in [5.41, 5.74) is 1.50. The molecule has 0 aliphatic rings. The lowest BCUT2D eigenvalue weighted by Crippen LogP contribution is -2.34. The van der Waals surface area contributed by atoms with Crippen molar-refractivity contribution >= 4 is 21.8 Å². The predicted molar refractivity (Wildman–Crippen MR) is 69.1 cm³/mol. The van der Waals surface area contributed by atoms with E-state index in [4.69, 9.17) is 4.74 Å². The van der Waals surface area contributed by atoms with Gasteiger partial charge < -0.3 is 15.2 Å². The summed E-state index contributed by atoms with van der Waals surface area (Å²) in [5, 5.41) is 12.1. The fourth-order valence-electron chi connectivity index (χ4n) is 1.40. The number of benzene rings is 1. The van der Waals surface area contributed by atoms with Gasteiger partial charge in [0.15, 0.2) is 0 Å². The highest BCUT2D eigenvalue weighted by Crippen LogP contribution is 2.15. The van der Waals surface area contributed by atoms with Crippen molar-refractivity contribution in [2.45, 2.75) is 13.0 Å². The van der Waals surface area contributed by atoms with E-state index in [1.165, 1.54) is 7.11 Å². The monoisotopic (exact) mass is 301 g/mol. The van der Waals surface area contributed by atoms with Crippen LogP contribution in [0.4, 0.5) is 0 Å². The van der Waals surface area contributed by atoms with Gasteiger partial charge in [0.25, 0.3) is 5.91 Å². The van der Waals surface area contributed by atoms with Gasteiger partial charge in [-0.2, -0.15) is 0 Å². The summed E-state index contributed by atoms with van der Waals surface area (Å²) in [6, 6.07) is 5.50. The standard InChI is InChI=1S/C12H16BrNO3/c1-8-3-4-9(13)5-11(8)12(16)14-6-10(15)7-17-2/h3-5,10,15H,6-7H2,1-2H3,(H,14,16). The second kappa shape index (κ2) is 6.74. The van der Waals surface area contributed by atoms with Gasteiger partial charge >= 0.3 is 0 Å². The first-order valence-corrected chi connectivity index (χ1v) is 6.05. The molecular weight excluding hydrogens is 286 g/mol. The van der Waals surface area contributed by atoms with Gasteiger partial charge in [0, 0.05) is 23.7 Å². The minimum atomic E-state index is -0.684. The van der Waals surface area contributed by atoms with Crippen LogP contribution < -0.4 is 5.32 Å².